The van der Waals surface area contributed by atoms with E-state index in [9.17, 15) is 77.3 Å². The maximum absolute atomic E-state index is 14.9. The number of rotatable bonds is 61. The average molecular weight is 1940 g/mol. The van der Waals surface area contributed by atoms with E-state index in [1.807, 2.05) is 0 Å². The third kappa shape index (κ3) is 46.1. The van der Waals surface area contributed by atoms with Gasteiger partial charge in [-0.15, -0.1) is 0 Å². The number of amides is 11. The van der Waals surface area contributed by atoms with Crippen LogP contribution in [0.3, 0.4) is 0 Å². The molecule has 53 nitrogen and oxygen atoms in total. The molecule has 8 atom stereocenters. The zero-order chi connectivity index (χ0) is 102. The molecular formula is C83H132N34O19S. The molecule has 1 aliphatic carbocycles. The minimum Gasteiger partial charge on any atom is -0.508 e. The molecule has 0 aromatic heterocycles. The summed E-state index contributed by atoms with van der Waals surface area (Å²) >= 11 is 5.45. The first-order chi connectivity index (χ1) is 64.8. The van der Waals surface area contributed by atoms with Gasteiger partial charge >= 0.3 is 18.0 Å². The molecule has 1 aliphatic heterocycles. The maximum atomic E-state index is 14.9. The minimum absolute atomic E-state index is 0.000666. The van der Waals surface area contributed by atoms with Crippen molar-refractivity contribution < 1.29 is 86.4 Å². The van der Waals surface area contributed by atoms with Crippen LogP contribution in [0, 0.1) is 37.9 Å². The highest BCUT2D eigenvalue weighted by Crippen LogP contribution is 2.42. The number of aromatic carboxylic acids is 1. The Morgan fingerprint density at radius 1 is 0.401 bits per heavy atom. The summed E-state index contributed by atoms with van der Waals surface area (Å²) in [5.74, 6) is -14.0. The molecule has 2 aromatic rings. The molecule has 44 N–H and O–H groups in total. The molecule has 0 unspecified atom stereocenters. The maximum Gasteiger partial charge on any atom is 0.407 e. The summed E-state index contributed by atoms with van der Waals surface area (Å²) in [6.07, 6.45) is -2.87. The van der Waals surface area contributed by atoms with E-state index >= 15 is 0 Å². The van der Waals surface area contributed by atoms with E-state index in [1.54, 1.807) is 39.0 Å². The van der Waals surface area contributed by atoms with Gasteiger partial charge in [-0.05, 0) is 184 Å². The van der Waals surface area contributed by atoms with Crippen LogP contribution < -0.4 is 152 Å². The highest BCUT2D eigenvalue weighted by atomic mass is 32.1. The second kappa shape index (κ2) is 59.8. The van der Waals surface area contributed by atoms with Crippen molar-refractivity contribution >= 4 is 153 Å². The first-order valence-electron chi connectivity index (χ1n) is 44.1. The van der Waals surface area contributed by atoms with Gasteiger partial charge in [0.1, 0.15) is 77.6 Å². The molecule has 1 heterocycles. The van der Waals surface area contributed by atoms with Crippen molar-refractivity contribution in [2.45, 2.75) is 203 Å². The number of primary amides is 1. The number of thiocarbonyl (C=S) groups is 1. The van der Waals surface area contributed by atoms with E-state index in [0.717, 1.165) is 0 Å². The number of esters is 1. The summed E-state index contributed by atoms with van der Waals surface area (Å²) in [5, 5.41) is 125. The number of guanidine groups is 7. The van der Waals surface area contributed by atoms with E-state index in [-0.39, 0.29) is 238 Å². The summed E-state index contributed by atoms with van der Waals surface area (Å²) < 4.78 is 16.6. The molecule has 0 saturated carbocycles. The molecule has 0 saturated heterocycles. The van der Waals surface area contributed by atoms with Crippen LogP contribution in [0.1, 0.15) is 160 Å². The summed E-state index contributed by atoms with van der Waals surface area (Å²) in [6, 6.07) is 1.11. The number of carboxylic acid groups (broad SMARTS) is 1. The van der Waals surface area contributed by atoms with Gasteiger partial charge in [-0.2, -0.15) is 0 Å². The molecule has 0 radical (unpaired) electrons. The summed E-state index contributed by atoms with van der Waals surface area (Å²) in [4.78, 5) is 193. The van der Waals surface area contributed by atoms with Gasteiger partial charge in [0.15, 0.2) is 52.3 Å². The van der Waals surface area contributed by atoms with Crippen molar-refractivity contribution in [2.24, 2.45) is 45.9 Å². The van der Waals surface area contributed by atoms with Crippen LogP contribution in [0.15, 0.2) is 63.8 Å². The normalized spacial score (nSPS) is 12.6. The highest BCUT2D eigenvalue weighted by Gasteiger charge is 2.36. The number of alkyl carbamates (subject to hydrolysis) is 1. The van der Waals surface area contributed by atoms with Gasteiger partial charge in [0.2, 0.25) is 59.1 Å². The number of fused-ring (bicyclic) bond motifs is 2. The van der Waals surface area contributed by atoms with Crippen molar-refractivity contribution in [1.82, 2.24) is 95.7 Å². The molecule has 11 amide bonds. The molecule has 54 heteroatoms. The van der Waals surface area contributed by atoms with Gasteiger partial charge in [0, 0.05) is 106 Å². The predicted molar refractivity (Wildman–Crippen MR) is 512 cm³/mol. The Kier molecular flexibility index (Phi) is 49.7. The number of phenolic OH excluding ortho intramolecular Hbond substituents is 1. The fourth-order valence-electron chi connectivity index (χ4n) is 13.4. The number of carboxylic acids is 1. The summed E-state index contributed by atoms with van der Waals surface area (Å²) in [6.45, 7) is 4.54. The fraction of sp³-hybridized carbons (Fsp3) is 0.518. The number of carbonyl (C=O) groups is 13. The first-order valence-corrected chi connectivity index (χ1v) is 44.5. The van der Waals surface area contributed by atoms with Crippen molar-refractivity contribution in [3.63, 3.8) is 0 Å². The molecule has 2 aliphatic rings. The van der Waals surface area contributed by atoms with Crippen LogP contribution >= 0.6 is 12.2 Å². The van der Waals surface area contributed by atoms with E-state index in [1.165, 1.54) is 36.4 Å². The third-order valence-electron chi connectivity index (χ3n) is 19.9. The minimum atomic E-state index is -1.60. The predicted octanol–water partition coefficient (Wildman–Crippen LogP) is -5.01. The van der Waals surface area contributed by atoms with Crippen LogP contribution in [0.4, 0.5) is 10.5 Å². The zero-order valence-corrected chi connectivity index (χ0v) is 77.4. The van der Waals surface area contributed by atoms with Gasteiger partial charge < -0.3 is 171 Å². The lowest BCUT2D eigenvalue weighted by Gasteiger charge is -2.28. The number of nitrogens with one attached hydrogen (secondary N) is 26. The van der Waals surface area contributed by atoms with Gasteiger partial charge in [0.25, 0.3) is 0 Å². The largest absolute Gasteiger partial charge is 0.508 e. The Morgan fingerprint density at radius 2 is 0.759 bits per heavy atom. The molecule has 137 heavy (non-hydrogen) atoms. The quantitative estimate of drug-likeness (QED) is 0.00491. The number of anilines is 1. The van der Waals surface area contributed by atoms with Crippen LogP contribution in [-0.4, -0.2) is 260 Å². The van der Waals surface area contributed by atoms with Gasteiger partial charge in [0.05, 0.1) is 18.5 Å². The van der Waals surface area contributed by atoms with E-state index in [2.05, 4.69) is 101 Å². The van der Waals surface area contributed by atoms with Gasteiger partial charge in [-0.3, -0.25) is 95.4 Å². The smallest absolute Gasteiger partial charge is 0.407 e. The Bertz CT molecular complexity index is 4920. The van der Waals surface area contributed by atoms with Crippen molar-refractivity contribution in [3.8, 4) is 28.2 Å². The molecular weight excluding hydrogens is 1810 g/mol. The fourth-order valence-corrected chi connectivity index (χ4v) is 13.6. The number of aromatic hydroxyl groups is 1. The Balaban J connectivity index is 1.53. The number of benzene rings is 3. The lowest BCUT2D eigenvalue weighted by atomic mass is 9.90. The number of ether oxygens (including phenoxy) is 2. The Hall–Kier alpha value is -15.6. The number of phenols is 1. The van der Waals surface area contributed by atoms with Crippen LogP contribution in [0.25, 0.3) is 33.4 Å². The number of nitrogens with two attached hydrogens (primary N) is 8. The van der Waals surface area contributed by atoms with Crippen molar-refractivity contribution in [1.29, 1.82) is 37.9 Å². The van der Waals surface area contributed by atoms with Gasteiger partial charge in [-0.25, -0.2) is 9.59 Å². The third-order valence-corrected chi connectivity index (χ3v) is 20.1. The van der Waals surface area contributed by atoms with Crippen molar-refractivity contribution in [2.75, 3.05) is 77.4 Å². The van der Waals surface area contributed by atoms with Crippen LogP contribution in [-0.2, 0) is 62.2 Å². The Morgan fingerprint density at radius 3 is 1.15 bits per heavy atom. The average Bonchev–Trinajstić information content (AvgIpc) is 0.746. The van der Waals surface area contributed by atoms with Crippen molar-refractivity contribution in [3.05, 3.63) is 70.4 Å². The summed E-state index contributed by atoms with van der Waals surface area (Å²) in [5.41, 5.74) is 44.5. The molecule has 2 aromatic carbocycles. The SMILES string of the molecule is CC(C)(C)OC(=O)NCCC[C@H](NC(=O)CCC(=O)OCCNC(=S)Nc1ccc(-c2c3ccc(=O)cc-3oc3cc(O)ccc23)c(C(=O)O)c1)C(=O)NCCCC(=O)N[C@H](CCCNC(=N)N)C(=O)N[C@H](CCCNC(=N)N)C(=O)N[C@H](CCCNC(=N)N)C(=O)N[C@H](CCCNC(=N)N)C(=O)N[C@H](CCCNC(=N)N)C(=O)N[C@H](CCCNC(=N)N)C(=O)N[C@H](CCCNC(=N)N)C(N)=O. The van der Waals surface area contributed by atoms with Crippen LogP contribution in [0.5, 0.6) is 5.75 Å². The molecule has 754 valence electrons. The van der Waals surface area contributed by atoms with Crippen LogP contribution in [0.2, 0.25) is 0 Å². The van der Waals surface area contributed by atoms with E-state index in [4.69, 9.17) is 110 Å². The van der Waals surface area contributed by atoms with Gasteiger partial charge in [-0.1, -0.05) is 6.07 Å². The standard InChI is InChI=1S/C83H132N34O19S/c1-83(2,3)136-82(133)108-38-11-14-52(110-62(121)28-29-63(122)134-40-39-107-81(137)109-44-22-25-47(50(41-44)73(131)132)64-48-26-23-45(118)42-59(48)135-60-43-46(119)24-27-49(60)64)66(124)99-30-12-21-61(120)111-53(15-5-32-101-75(87)88)67(125)113-55(17-7-34-103-77(91)92)69(127)115-57(19-9-36-105-79(95)96)71(129)117-58(20-10-37-106-80(97)98)72(130)116-56(18-8-35-104-78(93)94)70(128)114-54(16-6-33-102-76(89)90)68(126)112-51(65(84)123)13-4-31-100-74(85)86/h22-27,41-43,51-58,118H,4-21,28-40H2,1-3H3,(H2,84,123)(H,99,124)(H,108,133)(H,110,121)(H,111,120)(H,112,126)(H,113,125)(H,114,128)(H,115,127)(H,116,130)(H,117,129)(H,131,132)(H4,85,86,100)(H4,87,88,101)(H4,89,90,102)(H4,91,92,103)(H4,93,94,104)(H4,95,96,105)(H4,97,98,106)(H2,107,109,137)/t51-,52+,53-,54-,55-,56-,57-,58-/m1/s1. The summed E-state index contributed by atoms with van der Waals surface area (Å²) in [7, 11) is 0. The number of hydrogen-bond donors (Lipinski definition) is 36. The Labute approximate surface area is 794 Å². The monoisotopic (exact) mass is 1940 g/mol. The molecule has 4 rings (SSSR count). The van der Waals surface area contributed by atoms with E-state index in [0.29, 0.717) is 16.5 Å². The lowest BCUT2D eigenvalue weighted by molar-refractivity contribution is -0.145. The number of carbonyl (C=O) groups excluding carboxylic acids is 12. The molecule has 0 fully saturated rings. The molecule has 0 bridgehead atoms. The second-order valence-electron chi connectivity index (χ2n) is 32.3. The zero-order valence-electron chi connectivity index (χ0n) is 76.6. The number of hydrogen-bond acceptors (Lipinski definition) is 26. The first kappa shape index (κ1) is 114. The lowest BCUT2D eigenvalue weighted by Crippen LogP contribution is -2.60. The van der Waals surface area contributed by atoms with E-state index < -0.39 is 180 Å². The second-order valence-corrected chi connectivity index (χ2v) is 32.7. The highest BCUT2D eigenvalue weighted by molar-refractivity contribution is 7.80. The topological polar surface area (TPSA) is 915 Å². The molecule has 0 spiro atoms.